The second-order valence-electron chi connectivity index (χ2n) is 3.79. The SMILES string of the molecule is Cc1nc(C)n([Si](C)(C)C)n1. The number of aryl methyl sites for hydroxylation is 2. The molecule has 0 fully saturated rings. The zero-order valence-electron chi connectivity index (χ0n) is 7.84. The molecular weight excluding hydrogens is 154 g/mol. The molecule has 0 amide bonds. The van der Waals surface area contributed by atoms with Crippen molar-refractivity contribution in [3.8, 4) is 0 Å². The summed E-state index contributed by atoms with van der Waals surface area (Å²) < 4.78 is 2.09. The van der Waals surface area contributed by atoms with Crippen molar-refractivity contribution in [2.45, 2.75) is 33.5 Å². The Morgan fingerprint density at radius 2 is 1.73 bits per heavy atom. The van der Waals surface area contributed by atoms with Crippen molar-refractivity contribution in [2.24, 2.45) is 0 Å². The predicted molar refractivity (Wildman–Crippen MR) is 48.2 cm³/mol. The van der Waals surface area contributed by atoms with Gasteiger partial charge in [0.1, 0.15) is 11.6 Å². The minimum absolute atomic E-state index is 0.880. The van der Waals surface area contributed by atoms with Gasteiger partial charge < -0.3 is 0 Å². The van der Waals surface area contributed by atoms with Crippen LogP contribution in [-0.4, -0.2) is 22.7 Å². The molecule has 0 aliphatic rings. The molecule has 1 heterocycles. The number of rotatable bonds is 1. The molecule has 0 bridgehead atoms. The first-order chi connectivity index (χ1) is 4.91. The Balaban J connectivity index is 3.13. The van der Waals surface area contributed by atoms with Gasteiger partial charge >= 0.3 is 0 Å². The van der Waals surface area contributed by atoms with Gasteiger partial charge in [0.2, 0.25) is 0 Å². The third-order valence-corrected chi connectivity index (χ3v) is 3.20. The maximum absolute atomic E-state index is 4.35. The molecule has 1 aromatic rings. The van der Waals surface area contributed by atoms with E-state index >= 15 is 0 Å². The van der Waals surface area contributed by atoms with E-state index in [1.807, 2.05) is 13.8 Å². The van der Waals surface area contributed by atoms with Crippen molar-refractivity contribution in [1.82, 2.24) is 14.4 Å². The fraction of sp³-hybridized carbons (Fsp3) is 0.714. The maximum atomic E-state index is 4.35. The summed E-state index contributed by atoms with van der Waals surface area (Å²) in [6.45, 7) is 10.7. The lowest BCUT2D eigenvalue weighted by atomic mass is 10.7. The molecule has 0 aliphatic heterocycles. The Bertz CT molecular complexity index is 259. The van der Waals surface area contributed by atoms with E-state index in [1.54, 1.807) is 0 Å². The molecule has 0 atom stereocenters. The minimum atomic E-state index is -1.31. The summed E-state index contributed by atoms with van der Waals surface area (Å²) >= 11 is 0. The van der Waals surface area contributed by atoms with Crippen LogP contribution in [0.25, 0.3) is 0 Å². The fourth-order valence-corrected chi connectivity index (χ4v) is 2.62. The van der Waals surface area contributed by atoms with Gasteiger partial charge in [-0.25, -0.2) is 4.98 Å². The summed E-state index contributed by atoms with van der Waals surface area (Å²) in [5.41, 5.74) is 0. The van der Waals surface area contributed by atoms with Gasteiger partial charge in [-0.2, -0.15) is 5.10 Å². The third kappa shape index (κ3) is 1.68. The number of aromatic nitrogens is 3. The number of nitrogens with zero attached hydrogens (tertiary/aromatic N) is 3. The highest BCUT2D eigenvalue weighted by Gasteiger charge is 2.20. The van der Waals surface area contributed by atoms with Crippen molar-refractivity contribution < 1.29 is 0 Å². The maximum Gasteiger partial charge on any atom is 0.178 e. The Morgan fingerprint density at radius 1 is 1.18 bits per heavy atom. The smallest absolute Gasteiger partial charge is 0.178 e. The Labute approximate surface area is 68.5 Å². The second-order valence-corrected chi connectivity index (χ2v) is 8.55. The van der Waals surface area contributed by atoms with Crippen molar-refractivity contribution in [1.29, 1.82) is 0 Å². The molecule has 11 heavy (non-hydrogen) atoms. The summed E-state index contributed by atoms with van der Waals surface area (Å²) in [6, 6.07) is 0. The second kappa shape index (κ2) is 2.44. The van der Waals surface area contributed by atoms with E-state index in [2.05, 4.69) is 34.1 Å². The molecule has 0 radical (unpaired) electrons. The van der Waals surface area contributed by atoms with E-state index < -0.39 is 8.24 Å². The van der Waals surface area contributed by atoms with Crippen LogP contribution in [-0.2, 0) is 0 Å². The monoisotopic (exact) mass is 169 g/mol. The third-order valence-electron chi connectivity index (χ3n) is 1.51. The van der Waals surface area contributed by atoms with Crippen molar-refractivity contribution in [2.75, 3.05) is 0 Å². The van der Waals surface area contributed by atoms with Gasteiger partial charge in [0.15, 0.2) is 8.24 Å². The van der Waals surface area contributed by atoms with Crippen LogP contribution < -0.4 is 0 Å². The summed E-state index contributed by atoms with van der Waals surface area (Å²) in [7, 11) is -1.31. The molecule has 0 aromatic carbocycles. The van der Waals surface area contributed by atoms with E-state index in [9.17, 15) is 0 Å². The zero-order chi connectivity index (χ0) is 8.65. The Kier molecular flexibility index (Phi) is 1.88. The molecule has 0 unspecified atom stereocenters. The summed E-state index contributed by atoms with van der Waals surface area (Å²) in [6.07, 6.45) is 0. The fourth-order valence-electron chi connectivity index (χ4n) is 1.16. The Morgan fingerprint density at radius 3 is 1.91 bits per heavy atom. The molecule has 1 rings (SSSR count). The van der Waals surface area contributed by atoms with Gasteiger partial charge in [-0.15, -0.1) is 0 Å². The highest BCUT2D eigenvalue weighted by Crippen LogP contribution is 2.07. The molecule has 0 saturated carbocycles. The van der Waals surface area contributed by atoms with Crippen LogP contribution in [0.5, 0.6) is 0 Å². The number of hydrogen-bond acceptors (Lipinski definition) is 2. The van der Waals surface area contributed by atoms with Crippen molar-refractivity contribution in [3.05, 3.63) is 11.6 Å². The van der Waals surface area contributed by atoms with Crippen LogP contribution in [0, 0.1) is 13.8 Å². The van der Waals surface area contributed by atoms with Crippen LogP contribution in [0.2, 0.25) is 19.6 Å². The molecular formula is C7H15N3Si. The normalized spacial score (nSPS) is 12.1. The van der Waals surface area contributed by atoms with Gasteiger partial charge in [-0.05, 0) is 33.5 Å². The lowest BCUT2D eigenvalue weighted by molar-refractivity contribution is 0.880. The first kappa shape index (κ1) is 8.45. The summed E-state index contributed by atoms with van der Waals surface area (Å²) in [5, 5.41) is 4.35. The van der Waals surface area contributed by atoms with Gasteiger partial charge in [0.25, 0.3) is 0 Å². The van der Waals surface area contributed by atoms with Crippen molar-refractivity contribution >= 4 is 8.24 Å². The molecule has 0 spiro atoms. The molecule has 3 nitrogen and oxygen atoms in total. The summed E-state index contributed by atoms with van der Waals surface area (Å²) in [5.74, 6) is 1.92. The van der Waals surface area contributed by atoms with Crippen LogP contribution in [0.1, 0.15) is 11.6 Å². The van der Waals surface area contributed by atoms with E-state index in [1.165, 1.54) is 0 Å². The van der Waals surface area contributed by atoms with Crippen molar-refractivity contribution in [3.63, 3.8) is 0 Å². The minimum Gasteiger partial charge on any atom is -0.281 e. The molecule has 62 valence electrons. The standard InChI is InChI=1S/C7H15N3Si/c1-6-8-7(2)10(9-6)11(3,4)5/h1-5H3. The van der Waals surface area contributed by atoms with Gasteiger partial charge in [0.05, 0.1) is 0 Å². The van der Waals surface area contributed by atoms with E-state index in [-0.39, 0.29) is 0 Å². The largest absolute Gasteiger partial charge is 0.281 e. The van der Waals surface area contributed by atoms with Gasteiger partial charge in [-0.3, -0.25) is 4.35 Å². The Hall–Kier alpha value is -0.643. The summed E-state index contributed by atoms with van der Waals surface area (Å²) in [4.78, 5) is 4.26. The van der Waals surface area contributed by atoms with E-state index in [0.717, 1.165) is 11.6 Å². The molecule has 0 aliphatic carbocycles. The molecule has 4 heteroatoms. The quantitative estimate of drug-likeness (QED) is 0.598. The first-order valence-corrected chi connectivity index (χ1v) is 7.27. The lowest BCUT2D eigenvalue weighted by Gasteiger charge is -2.16. The van der Waals surface area contributed by atoms with E-state index in [0.29, 0.717) is 0 Å². The molecule has 0 N–H and O–H groups in total. The average Bonchev–Trinajstić information content (AvgIpc) is 2.08. The van der Waals surface area contributed by atoms with Crippen LogP contribution in [0.3, 0.4) is 0 Å². The van der Waals surface area contributed by atoms with Gasteiger partial charge in [-0.1, -0.05) is 0 Å². The highest BCUT2D eigenvalue weighted by molar-refractivity contribution is 6.74. The number of hydrogen-bond donors (Lipinski definition) is 0. The highest BCUT2D eigenvalue weighted by atomic mass is 28.3. The molecule has 0 saturated heterocycles. The van der Waals surface area contributed by atoms with Crippen LogP contribution >= 0.6 is 0 Å². The van der Waals surface area contributed by atoms with Crippen LogP contribution in [0.4, 0.5) is 0 Å². The predicted octanol–water partition coefficient (Wildman–Crippen LogP) is 1.58. The topological polar surface area (TPSA) is 30.7 Å². The zero-order valence-corrected chi connectivity index (χ0v) is 8.84. The lowest BCUT2D eigenvalue weighted by Crippen LogP contribution is -2.34. The average molecular weight is 169 g/mol. The van der Waals surface area contributed by atoms with Gasteiger partial charge in [0, 0.05) is 0 Å². The molecule has 1 aromatic heterocycles. The van der Waals surface area contributed by atoms with Crippen LogP contribution in [0.15, 0.2) is 0 Å². The van der Waals surface area contributed by atoms with E-state index in [4.69, 9.17) is 0 Å². The first-order valence-electron chi connectivity index (χ1n) is 3.82.